The topological polar surface area (TPSA) is 21.3 Å². The molecule has 0 aromatic heterocycles. The molecule has 0 aliphatic carbocycles. The lowest BCUT2D eigenvalue weighted by Crippen LogP contribution is -2.38. The first-order valence-corrected chi connectivity index (χ1v) is 8.27. The molecule has 4 heteroatoms. The summed E-state index contributed by atoms with van der Waals surface area (Å²) in [6.07, 6.45) is 2.83. The Labute approximate surface area is 122 Å². The summed E-state index contributed by atoms with van der Waals surface area (Å²) in [5.74, 6) is 1.08. The van der Waals surface area contributed by atoms with Gasteiger partial charge in [-0.05, 0) is 47.8 Å². The molecule has 2 atom stereocenters. The van der Waals surface area contributed by atoms with E-state index in [0.29, 0.717) is 12.1 Å². The van der Waals surface area contributed by atoms with Crippen LogP contribution in [-0.2, 0) is 4.74 Å². The summed E-state index contributed by atoms with van der Waals surface area (Å²) < 4.78 is 6.85. The van der Waals surface area contributed by atoms with Gasteiger partial charge in [-0.15, -0.1) is 11.8 Å². The van der Waals surface area contributed by atoms with Crippen molar-refractivity contribution in [1.82, 2.24) is 5.32 Å². The second-order valence-corrected chi connectivity index (χ2v) is 6.56. The van der Waals surface area contributed by atoms with E-state index >= 15 is 0 Å². The third kappa shape index (κ3) is 4.26. The maximum absolute atomic E-state index is 5.67. The van der Waals surface area contributed by atoms with Gasteiger partial charge in [0.15, 0.2) is 0 Å². The zero-order valence-electron chi connectivity index (χ0n) is 10.7. The molecule has 1 heterocycles. The second-order valence-electron chi connectivity index (χ2n) is 4.57. The summed E-state index contributed by atoms with van der Waals surface area (Å²) >= 11 is 5.45. The van der Waals surface area contributed by atoms with E-state index in [4.69, 9.17) is 4.74 Å². The standard InChI is InChI=1S/C14H20BrNOS/c1-11(13-6-4-9-17-13)16-8-10-18-14-7-3-2-5-12(14)15/h2-3,5,7,11,13,16H,4,6,8-10H2,1H3. The second kappa shape index (κ2) is 7.53. The average molecular weight is 330 g/mol. The van der Waals surface area contributed by atoms with Crippen molar-refractivity contribution in [3.05, 3.63) is 28.7 Å². The number of hydrogen-bond donors (Lipinski definition) is 1. The molecule has 18 heavy (non-hydrogen) atoms. The summed E-state index contributed by atoms with van der Waals surface area (Å²) in [4.78, 5) is 1.31. The van der Waals surface area contributed by atoms with Crippen LogP contribution in [-0.4, -0.2) is 31.1 Å². The maximum atomic E-state index is 5.67. The Kier molecular flexibility index (Phi) is 6.02. The largest absolute Gasteiger partial charge is 0.377 e. The number of benzene rings is 1. The van der Waals surface area contributed by atoms with Crippen molar-refractivity contribution in [2.24, 2.45) is 0 Å². The lowest BCUT2D eigenvalue weighted by atomic mass is 10.1. The van der Waals surface area contributed by atoms with Crippen LogP contribution in [0.15, 0.2) is 33.6 Å². The van der Waals surface area contributed by atoms with Crippen molar-refractivity contribution in [2.75, 3.05) is 18.9 Å². The quantitative estimate of drug-likeness (QED) is 0.635. The van der Waals surface area contributed by atoms with Gasteiger partial charge in [-0.2, -0.15) is 0 Å². The molecule has 2 rings (SSSR count). The van der Waals surface area contributed by atoms with Crippen LogP contribution in [0.3, 0.4) is 0 Å². The first-order chi connectivity index (χ1) is 8.77. The number of halogens is 1. The summed E-state index contributed by atoms with van der Waals surface area (Å²) in [7, 11) is 0. The first-order valence-electron chi connectivity index (χ1n) is 6.49. The van der Waals surface area contributed by atoms with E-state index in [1.54, 1.807) is 0 Å². The Morgan fingerprint density at radius 2 is 2.33 bits per heavy atom. The normalized spacial score (nSPS) is 21.1. The van der Waals surface area contributed by atoms with Crippen molar-refractivity contribution < 1.29 is 4.74 Å². The van der Waals surface area contributed by atoms with Gasteiger partial charge in [0.05, 0.1) is 6.10 Å². The van der Waals surface area contributed by atoms with Gasteiger partial charge in [0, 0.05) is 34.3 Å². The van der Waals surface area contributed by atoms with E-state index in [0.717, 1.165) is 18.9 Å². The molecule has 1 aliphatic rings. The third-order valence-corrected chi connectivity index (χ3v) is 5.21. The highest BCUT2D eigenvalue weighted by Gasteiger charge is 2.21. The van der Waals surface area contributed by atoms with Crippen LogP contribution in [0.1, 0.15) is 19.8 Å². The number of nitrogens with one attached hydrogen (secondary N) is 1. The van der Waals surface area contributed by atoms with Gasteiger partial charge in [0.25, 0.3) is 0 Å². The molecule has 1 aromatic rings. The highest BCUT2D eigenvalue weighted by molar-refractivity contribution is 9.10. The van der Waals surface area contributed by atoms with Crippen molar-refractivity contribution in [3.63, 3.8) is 0 Å². The van der Waals surface area contributed by atoms with Crippen LogP contribution in [0.2, 0.25) is 0 Å². The van der Waals surface area contributed by atoms with Gasteiger partial charge < -0.3 is 10.1 Å². The summed E-state index contributed by atoms with van der Waals surface area (Å²) in [5.41, 5.74) is 0. The van der Waals surface area contributed by atoms with E-state index in [1.165, 1.54) is 22.2 Å². The SMILES string of the molecule is CC(NCCSc1ccccc1Br)C1CCCO1. The van der Waals surface area contributed by atoms with E-state index < -0.39 is 0 Å². The van der Waals surface area contributed by atoms with Crippen molar-refractivity contribution >= 4 is 27.7 Å². The third-order valence-electron chi connectivity index (χ3n) is 3.19. The molecule has 100 valence electrons. The predicted octanol–water partition coefficient (Wildman–Crippen LogP) is 3.70. The lowest BCUT2D eigenvalue weighted by molar-refractivity contribution is 0.0844. The molecule has 2 nitrogen and oxygen atoms in total. The fourth-order valence-electron chi connectivity index (χ4n) is 2.14. The van der Waals surface area contributed by atoms with Crippen LogP contribution in [0.4, 0.5) is 0 Å². The van der Waals surface area contributed by atoms with Gasteiger partial charge in [-0.1, -0.05) is 12.1 Å². The molecule has 1 aromatic carbocycles. The summed E-state index contributed by atoms with van der Waals surface area (Å²) in [6, 6.07) is 8.83. The molecular formula is C14H20BrNOS. The van der Waals surface area contributed by atoms with Crippen molar-refractivity contribution in [3.8, 4) is 0 Å². The van der Waals surface area contributed by atoms with E-state index in [-0.39, 0.29) is 0 Å². The number of thioether (sulfide) groups is 1. The van der Waals surface area contributed by atoms with Crippen LogP contribution >= 0.6 is 27.7 Å². The fourth-order valence-corrected chi connectivity index (χ4v) is 3.59. The Bertz CT molecular complexity index is 369. The molecule has 1 saturated heterocycles. The molecule has 0 amide bonds. The van der Waals surface area contributed by atoms with Crippen LogP contribution in [0.5, 0.6) is 0 Å². The van der Waals surface area contributed by atoms with Gasteiger partial charge >= 0.3 is 0 Å². The molecular weight excluding hydrogens is 310 g/mol. The number of hydrogen-bond acceptors (Lipinski definition) is 3. The number of ether oxygens (including phenoxy) is 1. The van der Waals surface area contributed by atoms with Gasteiger partial charge in [-0.25, -0.2) is 0 Å². The first kappa shape index (κ1) is 14.4. The Hall–Kier alpha value is -0.0300. The van der Waals surface area contributed by atoms with Crippen LogP contribution in [0, 0.1) is 0 Å². The molecule has 1 fully saturated rings. The monoisotopic (exact) mass is 329 g/mol. The molecule has 0 saturated carbocycles. The molecule has 0 spiro atoms. The van der Waals surface area contributed by atoms with E-state index in [9.17, 15) is 0 Å². The van der Waals surface area contributed by atoms with Crippen LogP contribution < -0.4 is 5.32 Å². The minimum Gasteiger partial charge on any atom is -0.377 e. The average Bonchev–Trinajstić information content (AvgIpc) is 2.90. The zero-order chi connectivity index (χ0) is 12.8. The Balaban J connectivity index is 1.65. The number of rotatable bonds is 6. The van der Waals surface area contributed by atoms with Crippen LogP contribution in [0.25, 0.3) is 0 Å². The predicted molar refractivity (Wildman–Crippen MR) is 81.3 cm³/mol. The lowest BCUT2D eigenvalue weighted by Gasteiger charge is -2.19. The summed E-state index contributed by atoms with van der Waals surface area (Å²) in [5, 5.41) is 3.55. The van der Waals surface area contributed by atoms with E-state index in [1.807, 2.05) is 17.8 Å². The van der Waals surface area contributed by atoms with Crippen molar-refractivity contribution in [1.29, 1.82) is 0 Å². The highest BCUT2D eigenvalue weighted by Crippen LogP contribution is 2.26. The fraction of sp³-hybridized carbons (Fsp3) is 0.571. The van der Waals surface area contributed by atoms with Gasteiger partial charge in [0.2, 0.25) is 0 Å². The molecule has 1 aliphatic heterocycles. The molecule has 0 radical (unpaired) electrons. The minimum atomic E-state index is 0.415. The van der Waals surface area contributed by atoms with Gasteiger partial charge in [0.1, 0.15) is 0 Å². The Morgan fingerprint density at radius 3 is 3.06 bits per heavy atom. The van der Waals surface area contributed by atoms with E-state index in [2.05, 4.69) is 46.4 Å². The van der Waals surface area contributed by atoms with Crippen molar-refractivity contribution in [2.45, 2.75) is 36.8 Å². The Morgan fingerprint density at radius 1 is 1.50 bits per heavy atom. The van der Waals surface area contributed by atoms with Gasteiger partial charge in [-0.3, -0.25) is 0 Å². The molecule has 1 N–H and O–H groups in total. The maximum Gasteiger partial charge on any atom is 0.0726 e. The highest BCUT2D eigenvalue weighted by atomic mass is 79.9. The molecule has 2 unspecified atom stereocenters. The summed E-state index contributed by atoms with van der Waals surface area (Å²) in [6.45, 7) is 4.18. The zero-order valence-corrected chi connectivity index (χ0v) is 13.1. The smallest absolute Gasteiger partial charge is 0.0726 e. The molecule has 0 bridgehead atoms. The minimum absolute atomic E-state index is 0.415.